The fourth-order valence-electron chi connectivity index (χ4n) is 3.26. The summed E-state index contributed by atoms with van der Waals surface area (Å²) in [7, 11) is 4.09. The molecule has 1 heterocycles. The lowest BCUT2D eigenvalue weighted by Gasteiger charge is -2.25. The predicted octanol–water partition coefficient (Wildman–Crippen LogP) is 3.23. The number of benzene rings is 1. The van der Waals surface area contributed by atoms with Crippen LogP contribution < -0.4 is 10.1 Å². The molecule has 2 aromatic rings. The van der Waals surface area contributed by atoms with Crippen LogP contribution in [0.4, 0.5) is 0 Å². The van der Waals surface area contributed by atoms with Gasteiger partial charge in [-0.25, -0.2) is 0 Å². The molecule has 0 radical (unpaired) electrons. The van der Waals surface area contributed by atoms with Crippen LogP contribution >= 0.6 is 0 Å². The average Bonchev–Trinajstić information content (AvgIpc) is 3.01. The fourth-order valence-corrected chi connectivity index (χ4v) is 3.26. The lowest BCUT2D eigenvalue weighted by atomic mass is 9.98. The van der Waals surface area contributed by atoms with Gasteiger partial charge in [0.1, 0.15) is 5.75 Å². The molecule has 2 rings (SSSR count). The molecule has 0 spiro atoms. The Morgan fingerprint density at radius 2 is 2.00 bits per heavy atom. The van der Waals surface area contributed by atoms with Crippen molar-refractivity contribution < 1.29 is 19.1 Å². The van der Waals surface area contributed by atoms with Gasteiger partial charge in [0.25, 0.3) is 0 Å². The SMILES string of the molecule is CC(=O)NC(C)(C)CCC(=O)OC(C)Oc1cccc2[nH]cc(CCN(C)C)c12. The highest BCUT2D eigenvalue weighted by atomic mass is 16.7. The molecule has 1 atom stereocenters. The van der Waals surface area contributed by atoms with E-state index < -0.39 is 11.8 Å². The number of nitrogens with zero attached hydrogens (tertiary/aromatic N) is 1. The molecule has 0 aliphatic carbocycles. The van der Waals surface area contributed by atoms with Gasteiger partial charge in [0, 0.05) is 49.5 Å². The van der Waals surface area contributed by atoms with Crippen molar-refractivity contribution in [2.45, 2.75) is 58.8 Å². The van der Waals surface area contributed by atoms with Crippen molar-refractivity contribution in [3.05, 3.63) is 30.0 Å². The molecule has 0 saturated heterocycles. The summed E-state index contributed by atoms with van der Waals surface area (Å²) in [6.07, 6.45) is 2.86. The first-order valence-electron chi connectivity index (χ1n) is 9.96. The van der Waals surface area contributed by atoms with Crippen LogP contribution in [0.5, 0.6) is 5.75 Å². The van der Waals surface area contributed by atoms with E-state index in [2.05, 4.69) is 15.2 Å². The van der Waals surface area contributed by atoms with E-state index in [-0.39, 0.29) is 18.3 Å². The summed E-state index contributed by atoms with van der Waals surface area (Å²) < 4.78 is 11.4. The number of likely N-dealkylation sites (N-methyl/N-ethyl adjacent to an activating group) is 1. The zero-order valence-electron chi connectivity index (χ0n) is 18.3. The van der Waals surface area contributed by atoms with Crippen molar-refractivity contribution in [2.24, 2.45) is 0 Å². The Balaban J connectivity index is 1.98. The summed E-state index contributed by atoms with van der Waals surface area (Å²) >= 11 is 0. The number of aromatic nitrogens is 1. The quantitative estimate of drug-likeness (QED) is 0.470. The molecule has 0 saturated carbocycles. The number of hydrogen-bond donors (Lipinski definition) is 2. The molecular weight excluding hydrogens is 370 g/mol. The van der Waals surface area contributed by atoms with E-state index in [4.69, 9.17) is 9.47 Å². The van der Waals surface area contributed by atoms with Crippen LogP contribution in [-0.2, 0) is 20.7 Å². The van der Waals surface area contributed by atoms with Crippen LogP contribution in [0.1, 0.15) is 46.1 Å². The summed E-state index contributed by atoms with van der Waals surface area (Å²) in [5.41, 5.74) is 1.69. The zero-order valence-corrected chi connectivity index (χ0v) is 18.3. The summed E-state index contributed by atoms with van der Waals surface area (Å²) in [6.45, 7) is 7.86. The van der Waals surface area contributed by atoms with Gasteiger partial charge in [0.05, 0.1) is 0 Å². The van der Waals surface area contributed by atoms with Gasteiger partial charge in [-0.3, -0.25) is 9.59 Å². The summed E-state index contributed by atoms with van der Waals surface area (Å²) in [5, 5.41) is 3.84. The van der Waals surface area contributed by atoms with E-state index in [0.717, 1.165) is 23.9 Å². The van der Waals surface area contributed by atoms with E-state index in [9.17, 15) is 9.59 Å². The molecule has 1 unspecified atom stereocenters. The van der Waals surface area contributed by atoms with Gasteiger partial charge in [-0.05, 0) is 58.5 Å². The molecule has 0 aliphatic rings. The van der Waals surface area contributed by atoms with E-state index in [1.54, 1.807) is 6.92 Å². The Morgan fingerprint density at radius 1 is 1.28 bits per heavy atom. The number of nitrogens with one attached hydrogen (secondary N) is 2. The standard InChI is InChI=1S/C22H33N3O4/c1-15(26)24-22(3,4)12-10-20(27)29-16(2)28-19-9-7-8-18-21(19)17(14-23-18)11-13-25(5)6/h7-9,14,16,23H,10-13H2,1-6H3,(H,24,26). The first-order chi connectivity index (χ1) is 13.6. The van der Waals surface area contributed by atoms with Gasteiger partial charge < -0.3 is 24.7 Å². The molecule has 7 nitrogen and oxygen atoms in total. The van der Waals surface area contributed by atoms with Crippen molar-refractivity contribution in [3.63, 3.8) is 0 Å². The topological polar surface area (TPSA) is 83.7 Å². The number of esters is 1. The van der Waals surface area contributed by atoms with Gasteiger partial charge in [0.15, 0.2) is 0 Å². The maximum atomic E-state index is 12.2. The third-order valence-electron chi connectivity index (χ3n) is 4.64. The molecule has 1 aromatic heterocycles. The number of carbonyl (C=O) groups is 2. The van der Waals surface area contributed by atoms with Crippen LogP contribution in [0.3, 0.4) is 0 Å². The zero-order chi connectivity index (χ0) is 21.6. The van der Waals surface area contributed by atoms with Gasteiger partial charge in [-0.2, -0.15) is 0 Å². The number of carbonyl (C=O) groups excluding carboxylic acids is 2. The minimum atomic E-state index is -0.714. The lowest BCUT2D eigenvalue weighted by molar-refractivity contribution is -0.161. The third-order valence-corrected chi connectivity index (χ3v) is 4.64. The Labute approximate surface area is 172 Å². The van der Waals surface area contributed by atoms with Crippen molar-refractivity contribution in [2.75, 3.05) is 20.6 Å². The van der Waals surface area contributed by atoms with Crippen LogP contribution in [0.2, 0.25) is 0 Å². The Morgan fingerprint density at radius 3 is 2.66 bits per heavy atom. The van der Waals surface area contributed by atoms with Crippen molar-refractivity contribution in [1.29, 1.82) is 0 Å². The highest BCUT2D eigenvalue weighted by Crippen LogP contribution is 2.30. The van der Waals surface area contributed by atoms with Gasteiger partial charge in [0.2, 0.25) is 12.2 Å². The van der Waals surface area contributed by atoms with Crippen molar-refractivity contribution >= 4 is 22.8 Å². The summed E-state index contributed by atoms with van der Waals surface area (Å²) in [6, 6.07) is 5.80. The lowest BCUT2D eigenvalue weighted by Crippen LogP contribution is -2.42. The molecule has 29 heavy (non-hydrogen) atoms. The monoisotopic (exact) mass is 403 g/mol. The van der Waals surface area contributed by atoms with Gasteiger partial charge in [-0.1, -0.05) is 6.07 Å². The molecule has 0 bridgehead atoms. The van der Waals surface area contributed by atoms with E-state index >= 15 is 0 Å². The second-order valence-corrected chi connectivity index (χ2v) is 8.29. The van der Waals surface area contributed by atoms with E-state index in [1.807, 2.05) is 52.3 Å². The van der Waals surface area contributed by atoms with Gasteiger partial charge in [-0.15, -0.1) is 0 Å². The van der Waals surface area contributed by atoms with Crippen LogP contribution in [-0.4, -0.2) is 54.2 Å². The number of ether oxygens (including phenoxy) is 2. The maximum absolute atomic E-state index is 12.2. The molecule has 1 aromatic carbocycles. The van der Waals surface area contributed by atoms with Crippen molar-refractivity contribution in [1.82, 2.24) is 15.2 Å². The highest BCUT2D eigenvalue weighted by Gasteiger charge is 2.22. The van der Waals surface area contributed by atoms with Gasteiger partial charge >= 0.3 is 5.97 Å². The van der Waals surface area contributed by atoms with Crippen molar-refractivity contribution in [3.8, 4) is 5.75 Å². The number of fused-ring (bicyclic) bond motifs is 1. The van der Waals surface area contributed by atoms with E-state index in [1.165, 1.54) is 12.5 Å². The molecule has 1 amide bonds. The minimum absolute atomic E-state index is 0.121. The molecule has 160 valence electrons. The van der Waals surface area contributed by atoms with Crippen LogP contribution in [0.15, 0.2) is 24.4 Å². The first-order valence-corrected chi connectivity index (χ1v) is 9.96. The Bertz CT molecular complexity index is 842. The van der Waals surface area contributed by atoms with E-state index in [0.29, 0.717) is 12.2 Å². The predicted molar refractivity (Wildman–Crippen MR) is 114 cm³/mol. The molecule has 2 N–H and O–H groups in total. The average molecular weight is 404 g/mol. The van der Waals surface area contributed by atoms with Crippen LogP contribution in [0.25, 0.3) is 10.9 Å². The second kappa shape index (κ2) is 9.78. The molecule has 7 heteroatoms. The highest BCUT2D eigenvalue weighted by molar-refractivity contribution is 5.89. The maximum Gasteiger partial charge on any atom is 0.308 e. The molecule has 0 aliphatic heterocycles. The minimum Gasteiger partial charge on any atom is -0.454 e. The molecular formula is C22H33N3O4. The second-order valence-electron chi connectivity index (χ2n) is 8.29. The first kappa shape index (κ1) is 22.7. The largest absolute Gasteiger partial charge is 0.454 e. The number of amides is 1. The van der Waals surface area contributed by atoms with Crippen LogP contribution in [0, 0.1) is 0 Å². The Kier molecular flexibility index (Phi) is 7.67. The summed E-state index contributed by atoms with van der Waals surface area (Å²) in [5.74, 6) is 0.214. The number of hydrogen-bond acceptors (Lipinski definition) is 5. The third kappa shape index (κ3) is 7.09. The number of aromatic amines is 1. The molecule has 0 fully saturated rings. The summed E-state index contributed by atoms with van der Waals surface area (Å²) in [4.78, 5) is 28.8. The normalized spacial score (nSPS) is 12.8. The number of rotatable bonds is 10. The smallest absolute Gasteiger partial charge is 0.308 e. The number of H-pyrrole nitrogens is 1. The fraction of sp³-hybridized carbons (Fsp3) is 0.545. The Hall–Kier alpha value is -2.54.